The van der Waals surface area contributed by atoms with Gasteiger partial charge in [0.2, 0.25) is 0 Å². The molecule has 3 rings (SSSR count). The summed E-state index contributed by atoms with van der Waals surface area (Å²) in [6.45, 7) is 2.74. The molecule has 0 atom stereocenters. The van der Waals surface area contributed by atoms with Gasteiger partial charge >= 0.3 is 11.9 Å². The van der Waals surface area contributed by atoms with Crippen LogP contribution in [0.2, 0.25) is 0 Å². The van der Waals surface area contributed by atoms with Crippen LogP contribution in [-0.4, -0.2) is 28.7 Å². The summed E-state index contributed by atoms with van der Waals surface area (Å²) in [5, 5.41) is 36.5. The summed E-state index contributed by atoms with van der Waals surface area (Å²) in [5.74, 6) is -1.84. The van der Waals surface area contributed by atoms with E-state index in [0.717, 1.165) is 24.2 Å². The van der Waals surface area contributed by atoms with Crippen LogP contribution in [0.3, 0.4) is 0 Å². The zero-order valence-electron chi connectivity index (χ0n) is 17.2. The molecule has 0 spiro atoms. The molecule has 0 amide bonds. The molecule has 1 aliphatic rings. The van der Waals surface area contributed by atoms with Gasteiger partial charge in [0.15, 0.2) is 11.5 Å². The molecule has 8 heteroatoms. The van der Waals surface area contributed by atoms with E-state index >= 15 is 0 Å². The topological polar surface area (TPSA) is 135 Å². The van der Waals surface area contributed by atoms with E-state index in [9.17, 15) is 14.7 Å². The Hall–Kier alpha value is -4.56. The second kappa shape index (κ2) is 9.50. The van der Waals surface area contributed by atoms with E-state index in [1.165, 1.54) is 12.2 Å². The van der Waals surface area contributed by atoms with Crippen LogP contribution in [0.1, 0.15) is 30.9 Å². The molecule has 2 aromatic rings. The number of aliphatic carboxylic acids is 2. The maximum Gasteiger partial charge on any atom is 0.346 e. The summed E-state index contributed by atoms with van der Waals surface area (Å²) in [5.41, 5.74) is 1.55. The molecule has 32 heavy (non-hydrogen) atoms. The first-order valence-corrected chi connectivity index (χ1v) is 9.82. The minimum Gasteiger partial charge on any atom is -0.477 e. The lowest BCUT2D eigenvalue weighted by molar-refractivity contribution is -0.133. The van der Waals surface area contributed by atoms with Gasteiger partial charge < -0.3 is 19.8 Å². The number of benzene rings is 2. The smallest absolute Gasteiger partial charge is 0.346 e. The Balaban J connectivity index is 2.16. The number of unbranched alkanes of at least 4 members (excludes halogenated alkanes) is 1. The van der Waals surface area contributed by atoms with Crippen molar-refractivity contribution in [2.75, 3.05) is 11.4 Å². The van der Waals surface area contributed by atoms with Crippen molar-refractivity contribution in [2.24, 2.45) is 0 Å². The van der Waals surface area contributed by atoms with Gasteiger partial charge in [0.25, 0.3) is 0 Å². The van der Waals surface area contributed by atoms with Crippen LogP contribution in [0, 0.1) is 22.7 Å². The van der Waals surface area contributed by atoms with Crippen LogP contribution in [0.5, 0.6) is 11.5 Å². The standard InChI is InChI=1S/C24H19N3O5/c1-2-3-9-27-19-8-7-15(10-17(13-25)23(28)29)11-21(19)32-22-16(5-4-6-20(22)27)12-18(14-26)24(30)31/h4-8,10-12H,2-3,9H2,1H3,(H,28,29)(H,30,31)/b17-10-,18-12-. The fraction of sp³-hybridized carbons (Fsp3) is 0.167. The van der Waals surface area contributed by atoms with Gasteiger partial charge in [-0.2, -0.15) is 10.5 Å². The van der Waals surface area contributed by atoms with Gasteiger partial charge in [-0.25, -0.2) is 9.59 Å². The maximum atomic E-state index is 11.3. The molecule has 0 saturated carbocycles. The van der Waals surface area contributed by atoms with E-state index in [2.05, 4.69) is 6.92 Å². The average molecular weight is 429 g/mol. The lowest BCUT2D eigenvalue weighted by Crippen LogP contribution is -2.22. The number of carboxylic acid groups (broad SMARTS) is 2. The van der Waals surface area contributed by atoms with Gasteiger partial charge in [0.05, 0.1) is 11.4 Å². The maximum absolute atomic E-state index is 11.3. The van der Waals surface area contributed by atoms with Crippen molar-refractivity contribution in [2.45, 2.75) is 19.8 Å². The van der Waals surface area contributed by atoms with E-state index in [-0.39, 0.29) is 0 Å². The van der Waals surface area contributed by atoms with Crippen LogP contribution in [-0.2, 0) is 9.59 Å². The second-order valence-electron chi connectivity index (χ2n) is 6.98. The highest BCUT2D eigenvalue weighted by molar-refractivity contribution is 5.98. The number of anilines is 2. The van der Waals surface area contributed by atoms with E-state index in [4.69, 9.17) is 20.4 Å². The van der Waals surface area contributed by atoms with Crippen molar-refractivity contribution >= 4 is 35.5 Å². The number of nitriles is 2. The summed E-state index contributed by atoms with van der Waals surface area (Å²) < 4.78 is 6.11. The molecule has 2 N–H and O–H groups in total. The molecule has 0 bridgehead atoms. The number of carbonyl (C=O) groups is 2. The fourth-order valence-corrected chi connectivity index (χ4v) is 3.31. The van der Waals surface area contributed by atoms with Crippen LogP contribution in [0.15, 0.2) is 47.5 Å². The highest BCUT2D eigenvalue weighted by Gasteiger charge is 2.26. The van der Waals surface area contributed by atoms with E-state index < -0.39 is 23.1 Å². The zero-order chi connectivity index (χ0) is 23.3. The molecule has 0 fully saturated rings. The molecule has 0 unspecified atom stereocenters. The Kier molecular flexibility index (Phi) is 6.57. The van der Waals surface area contributed by atoms with Gasteiger partial charge in [-0.15, -0.1) is 0 Å². The fourth-order valence-electron chi connectivity index (χ4n) is 3.31. The number of carboxylic acids is 2. The first kappa shape index (κ1) is 22.1. The average Bonchev–Trinajstić information content (AvgIpc) is 2.78. The van der Waals surface area contributed by atoms with Gasteiger partial charge in [0.1, 0.15) is 23.3 Å². The van der Waals surface area contributed by atoms with Gasteiger partial charge in [-0.05, 0) is 42.3 Å². The van der Waals surface area contributed by atoms with Crippen molar-refractivity contribution in [3.05, 3.63) is 58.7 Å². The quantitative estimate of drug-likeness (QED) is 0.477. The molecule has 8 nitrogen and oxygen atoms in total. The third kappa shape index (κ3) is 4.45. The number of ether oxygens (including phenoxy) is 1. The molecule has 2 aromatic carbocycles. The number of hydrogen-bond donors (Lipinski definition) is 2. The first-order valence-electron chi connectivity index (χ1n) is 9.82. The number of nitrogens with zero attached hydrogens (tertiary/aromatic N) is 3. The number of para-hydroxylation sites is 1. The van der Waals surface area contributed by atoms with Gasteiger partial charge in [0, 0.05) is 12.1 Å². The van der Waals surface area contributed by atoms with Crippen LogP contribution in [0.25, 0.3) is 12.2 Å². The summed E-state index contributed by atoms with van der Waals surface area (Å²) >= 11 is 0. The molecule has 0 aromatic heterocycles. The predicted molar refractivity (Wildman–Crippen MR) is 117 cm³/mol. The molecule has 0 radical (unpaired) electrons. The SMILES string of the molecule is CCCCN1c2ccc(/C=C(/C#N)C(=O)O)cc2Oc2c(/C=C(/C#N)C(=O)O)cccc21. The number of fused-ring (bicyclic) bond motifs is 2. The Labute approximate surface area is 184 Å². The van der Waals surface area contributed by atoms with Crippen molar-refractivity contribution < 1.29 is 24.5 Å². The van der Waals surface area contributed by atoms with Gasteiger partial charge in [-0.1, -0.05) is 31.5 Å². The Morgan fingerprint density at radius 3 is 2.34 bits per heavy atom. The van der Waals surface area contributed by atoms with Gasteiger partial charge in [-0.3, -0.25) is 0 Å². The molecule has 1 heterocycles. The number of rotatable bonds is 7. The lowest BCUT2D eigenvalue weighted by Gasteiger charge is -2.33. The van der Waals surface area contributed by atoms with Crippen molar-refractivity contribution in [1.82, 2.24) is 0 Å². The first-order chi connectivity index (χ1) is 15.4. The summed E-state index contributed by atoms with van der Waals surface area (Å²) in [7, 11) is 0. The molecule has 1 aliphatic heterocycles. The molecule has 0 aliphatic carbocycles. The Bertz CT molecular complexity index is 1230. The lowest BCUT2D eigenvalue weighted by atomic mass is 10.0. The minimum atomic E-state index is -1.34. The van der Waals surface area contributed by atoms with E-state index in [1.807, 2.05) is 11.0 Å². The molecule has 0 saturated heterocycles. The molecule has 160 valence electrons. The minimum absolute atomic E-state index is 0.393. The monoisotopic (exact) mass is 429 g/mol. The summed E-state index contributed by atoms with van der Waals surface area (Å²) in [4.78, 5) is 24.5. The van der Waals surface area contributed by atoms with Crippen LogP contribution >= 0.6 is 0 Å². The van der Waals surface area contributed by atoms with Crippen molar-refractivity contribution in [1.29, 1.82) is 10.5 Å². The third-order valence-electron chi connectivity index (χ3n) is 4.85. The number of hydrogen-bond acceptors (Lipinski definition) is 6. The van der Waals surface area contributed by atoms with Crippen LogP contribution < -0.4 is 9.64 Å². The highest BCUT2D eigenvalue weighted by atomic mass is 16.5. The normalized spacial score (nSPS) is 12.7. The van der Waals surface area contributed by atoms with Crippen molar-refractivity contribution in [3.63, 3.8) is 0 Å². The molecular formula is C24H19N3O5. The Morgan fingerprint density at radius 2 is 1.72 bits per heavy atom. The van der Waals surface area contributed by atoms with E-state index in [1.54, 1.807) is 42.5 Å². The summed E-state index contributed by atoms with van der Waals surface area (Å²) in [6.07, 6.45) is 4.34. The zero-order valence-corrected chi connectivity index (χ0v) is 17.2. The van der Waals surface area contributed by atoms with Crippen molar-refractivity contribution in [3.8, 4) is 23.6 Å². The third-order valence-corrected chi connectivity index (χ3v) is 4.85. The summed E-state index contributed by atoms with van der Waals surface area (Å²) in [6, 6.07) is 13.7. The second-order valence-corrected chi connectivity index (χ2v) is 6.98. The molecular weight excluding hydrogens is 410 g/mol. The Morgan fingerprint density at radius 1 is 1.03 bits per heavy atom. The largest absolute Gasteiger partial charge is 0.477 e. The van der Waals surface area contributed by atoms with E-state index in [0.29, 0.717) is 29.2 Å². The highest BCUT2D eigenvalue weighted by Crippen LogP contribution is 2.49. The van der Waals surface area contributed by atoms with Crippen LogP contribution in [0.4, 0.5) is 11.4 Å². The predicted octanol–water partition coefficient (Wildman–Crippen LogP) is 4.71.